The first-order valence-electron chi connectivity index (χ1n) is 8.59. The molecule has 0 radical (unpaired) electrons. The Bertz CT molecular complexity index is 603. The lowest BCUT2D eigenvalue weighted by molar-refractivity contribution is 0.177. The monoisotopic (exact) mass is 338 g/mol. The molecule has 1 aromatic carbocycles. The molecule has 0 aromatic heterocycles. The van der Waals surface area contributed by atoms with Crippen molar-refractivity contribution in [2.45, 2.75) is 63.6 Å². The van der Waals surface area contributed by atoms with Crippen molar-refractivity contribution in [1.82, 2.24) is 4.90 Å². The standard InChI is InChI=1S/C18H30N2O2S/c1-14(2)20-10-8-17(9-11-20)19-18-7-5-6-16(12-18)13-23(21,22)15(3)4/h5-7,12,14-15,17,19H,8-11,13H2,1-4H3. The molecule has 1 N–H and O–H groups in total. The molecular formula is C18H30N2O2S. The number of sulfone groups is 1. The average Bonchev–Trinajstić information content (AvgIpc) is 2.47. The molecule has 4 nitrogen and oxygen atoms in total. The van der Waals surface area contributed by atoms with Crippen molar-refractivity contribution in [2.75, 3.05) is 18.4 Å². The lowest BCUT2D eigenvalue weighted by Crippen LogP contribution is -2.42. The maximum absolute atomic E-state index is 12.1. The van der Waals surface area contributed by atoms with E-state index in [2.05, 4.69) is 24.1 Å². The van der Waals surface area contributed by atoms with E-state index in [1.54, 1.807) is 13.8 Å². The van der Waals surface area contributed by atoms with Crippen molar-refractivity contribution < 1.29 is 8.42 Å². The molecule has 0 spiro atoms. The second-order valence-electron chi connectivity index (χ2n) is 7.10. The molecule has 5 heteroatoms. The first-order chi connectivity index (χ1) is 10.8. The highest BCUT2D eigenvalue weighted by Gasteiger charge is 2.21. The molecule has 1 heterocycles. The van der Waals surface area contributed by atoms with Crippen LogP contribution in [0.25, 0.3) is 0 Å². The number of rotatable bonds is 6. The minimum absolute atomic E-state index is 0.117. The zero-order chi connectivity index (χ0) is 17.0. The summed E-state index contributed by atoms with van der Waals surface area (Å²) in [5, 5.41) is 3.24. The molecule has 0 amide bonds. The van der Waals surface area contributed by atoms with Crippen LogP contribution < -0.4 is 5.32 Å². The van der Waals surface area contributed by atoms with E-state index in [0.29, 0.717) is 12.1 Å². The van der Waals surface area contributed by atoms with Crippen molar-refractivity contribution in [3.05, 3.63) is 29.8 Å². The van der Waals surface area contributed by atoms with Crippen LogP contribution in [0.2, 0.25) is 0 Å². The lowest BCUT2D eigenvalue weighted by Gasteiger charge is -2.35. The average molecular weight is 339 g/mol. The predicted molar refractivity (Wildman–Crippen MR) is 97.6 cm³/mol. The summed E-state index contributed by atoms with van der Waals surface area (Å²) in [6, 6.07) is 8.93. The summed E-state index contributed by atoms with van der Waals surface area (Å²) in [6.07, 6.45) is 2.26. The van der Waals surface area contributed by atoms with E-state index in [1.165, 1.54) is 0 Å². The first kappa shape index (κ1) is 18.3. The molecule has 0 unspecified atom stereocenters. The molecule has 0 bridgehead atoms. The number of hydrogen-bond acceptors (Lipinski definition) is 4. The number of nitrogens with one attached hydrogen (secondary N) is 1. The van der Waals surface area contributed by atoms with Gasteiger partial charge in [-0.15, -0.1) is 0 Å². The maximum atomic E-state index is 12.1. The van der Waals surface area contributed by atoms with Crippen LogP contribution >= 0.6 is 0 Å². The number of benzene rings is 1. The molecule has 130 valence electrons. The molecule has 0 atom stereocenters. The highest BCUT2D eigenvalue weighted by Crippen LogP contribution is 2.20. The van der Waals surface area contributed by atoms with Gasteiger partial charge in [0, 0.05) is 30.9 Å². The zero-order valence-corrected chi connectivity index (χ0v) is 15.6. The van der Waals surface area contributed by atoms with Gasteiger partial charge in [-0.25, -0.2) is 8.42 Å². The van der Waals surface area contributed by atoms with E-state index in [4.69, 9.17) is 0 Å². The molecule has 1 aliphatic rings. The van der Waals surface area contributed by atoms with Gasteiger partial charge in [0.15, 0.2) is 9.84 Å². The third-order valence-electron chi connectivity index (χ3n) is 4.64. The topological polar surface area (TPSA) is 49.4 Å². The minimum Gasteiger partial charge on any atom is -0.382 e. The van der Waals surface area contributed by atoms with Gasteiger partial charge >= 0.3 is 0 Å². The van der Waals surface area contributed by atoms with Crippen molar-refractivity contribution >= 4 is 15.5 Å². The van der Waals surface area contributed by atoms with E-state index >= 15 is 0 Å². The van der Waals surface area contributed by atoms with Gasteiger partial charge < -0.3 is 10.2 Å². The molecule has 0 aliphatic carbocycles. The van der Waals surface area contributed by atoms with Crippen LogP contribution in [-0.2, 0) is 15.6 Å². The number of piperidine rings is 1. The molecule has 1 fully saturated rings. The van der Waals surface area contributed by atoms with Crippen molar-refractivity contribution in [3.8, 4) is 0 Å². The Balaban J connectivity index is 1.96. The second-order valence-corrected chi connectivity index (χ2v) is 9.66. The van der Waals surface area contributed by atoms with Crippen LogP contribution in [0.4, 0.5) is 5.69 Å². The highest BCUT2D eigenvalue weighted by atomic mass is 32.2. The molecule has 1 aliphatic heterocycles. The van der Waals surface area contributed by atoms with Crippen LogP contribution in [0.3, 0.4) is 0 Å². The van der Waals surface area contributed by atoms with E-state index < -0.39 is 9.84 Å². The molecular weight excluding hydrogens is 308 g/mol. The summed E-state index contributed by atoms with van der Waals surface area (Å²) in [7, 11) is -3.05. The molecule has 2 rings (SSSR count). The fraction of sp³-hybridized carbons (Fsp3) is 0.667. The van der Waals surface area contributed by atoms with Gasteiger partial charge in [0.1, 0.15) is 0 Å². The Morgan fingerprint density at radius 1 is 1.17 bits per heavy atom. The van der Waals surface area contributed by atoms with Crippen molar-refractivity contribution in [2.24, 2.45) is 0 Å². The molecule has 1 aromatic rings. The van der Waals surface area contributed by atoms with Gasteiger partial charge in [0.2, 0.25) is 0 Å². The normalized spacial score (nSPS) is 17.8. The van der Waals surface area contributed by atoms with Crippen LogP contribution in [0.15, 0.2) is 24.3 Å². The SMILES string of the molecule is CC(C)N1CCC(Nc2cccc(CS(=O)(=O)C(C)C)c2)CC1. The van der Waals surface area contributed by atoms with Gasteiger partial charge in [0.05, 0.1) is 11.0 Å². The summed E-state index contributed by atoms with van der Waals surface area (Å²) in [4.78, 5) is 2.50. The Labute approximate surface area is 141 Å². The Hall–Kier alpha value is -1.07. The molecule has 23 heavy (non-hydrogen) atoms. The van der Waals surface area contributed by atoms with Crippen molar-refractivity contribution in [3.63, 3.8) is 0 Å². The van der Waals surface area contributed by atoms with E-state index in [1.807, 2.05) is 24.3 Å². The van der Waals surface area contributed by atoms with Crippen LogP contribution in [0.5, 0.6) is 0 Å². The second kappa shape index (κ2) is 7.67. The van der Waals surface area contributed by atoms with Gasteiger partial charge in [0.25, 0.3) is 0 Å². The third-order valence-corrected chi connectivity index (χ3v) is 6.82. The fourth-order valence-electron chi connectivity index (χ4n) is 2.95. The summed E-state index contributed by atoms with van der Waals surface area (Å²) in [5.41, 5.74) is 1.90. The van der Waals surface area contributed by atoms with Gasteiger partial charge in [-0.2, -0.15) is 0 Å². The number of likely N-dealkylation sites (tertiary alicyclic amines) is 1. The van der Waals surface area contributed by atoms with Gasteiger partial charge in [-0.3, -0.25) is 0 Å². The summed E-state index contributed by atoms with van der Waals surface area (Å²) in [6.45, 7) is 10.2. The zero-order valence-electron chi connectivity index (χ0n) is 14.7. The Kier molecular flexibility index (Phi) is 6.09. The quantitative estimate of drug-likeness (QED) is 0.865. The third kappa shape index (κ3) is 5.21. The van der Waals surface area contributed by atoms with Gasteiger partial charge in [-0.05, 0) is 58.2 Å². The fourth-order valence-corrected chi connectivity index (χ4v) is 3.92. The Morgan fingerprint density at radius 3 is 2.39 bits per heavy atom. The van der Waals surface area contributed by atoms with Crippen LogP contribution in [0.1, 0.15) is 46.1 Å². The number of hydrogen-bond donors (Lipinski definition) is 1. The minimum atomic E-state index is -3.05. The lowest BCUT2D eigenvalue weighted by atomic mass is 10.0. The van der Waals surface area contributed by atoms with E-state index in [9.17, 15) is 8.42 Å². The number of anilines is 1. The predicted octanol–water partition coefficient (Wildman–Crippen LogP) is 3.29. The number of nitrogens with zero attached hydrogens (tertiary/aromatic N) is 1. The largest absolute Gasteiger partial charge is 0.382 e. The van der Waals surface area contributed by atoms with Gasteiger partial charge in [-0.1, -0.05) is 12.1 Å². The van der Waals surface area contributed by atoms with Crippen molar-refractivity contribution in [1.29, 1.82) is 0 Å². The summed E-state index contributed by atoms with van der Waals surface area (Å²) >= 11 is 0. The molecule has 1 saturated heterocycles. The Morgan fingerprint density at radius 2 is 1.83 bits per heavy atom. The van der Waals surface area contributed by atoms with E-state index in [0.717, 1.165) is 37.2 Å². The van der Waals surface area contributed by atoms with E-state index in [-0.39, 0.29) is 11.0 Å². The summed E-state index contributed by atoms with van der Waals surface area (Å²) in [5.74, 6) is 0.117. The molecule has 0 saturated carbocycles. The maximum Gasteiger partial charge on any atom is 0.156 e. The highest BCUT2D eigenvalue weighted by molar-refractivity contribution is 7.91. The smallest absolute Gasteiger partial charge is 0.156 e. The first-order valence-corrected chi connectivity index (χ1v) is 10.3. The van der Waals surface area contributed by atoms with Crippen LogP contribution in [0, 0.1) is 0 Å². The van der Waals surface area contributed by atoms with Crippen LogP contribution in [-0.4, -0.2) is 43.7 Å². The summed E-state index contributed by atoms with van der Waals surface area (Å²) < 4.78 is 24.2.